The van der Waals surface area contributed by atoms with Crippen LogP contribution in [-0.4, -0.2) is 18.0 Å². The number of fused-ring (bicyclic) bond motifs is 1. The van der Waals surface area contributed by atoms with E-state index in [4.69, 9.17) is 4.74 Å². The average molecular weight is 358 g/mol. The highest BCUT2D eigenvalue weighted by Gasteiger charge is 2.25. The summed E-state index contributed by atoms with van der Waals surface area (Å²) in [5.74, 6) is 0.771. The number of aromatic amines is 1. The number of hydrogen-bond donors (Lipinski definition) is 2. The number of H-pyrrole nitrogens is 1. The molecular formula is C23H22N2O2. The molecule has 0 aliphatic carbocycles. The van der Waals surface area contributed by atoms with Crippen LogP contribution in [0.4, 0.5) is 5.69 Å². The molecule has 1 amide bonds. The lowest BCUT2D eigenvalue weighted by Gasteiger charge is -2.10. The van der Waals surface area contributed by atoms with Gasteiger partial charge in [-0.2, -0.15) is 0 Å². The molecule has 1 aliphatic heterocycles. The Morgan fingerprint density at radius 1 is 0.926 bits per heavy atom. The normalized spacial score (nSPS) is 14.4. The van der Waals surface area contributed by atoms with Crippen LogP contribution in [0.15, 0.2) is 42.5 Å². The number of aryl methyl sites for hydroxylation is 3. The van der Waals surface area contributed by atoms with Gasteiger partial charge < -0.3 is 15.0 Å². The van der Waals surface area contributed by atoms with Gasteiger partial charge in [-0.1, -0.05) is 12.1 Å². The standard InChI is InChI=1S/C23H22N2O2/c1-13-10-17(27-4)6-7-18(13)16-5-8-21-19(11-16)20(23(26)25-21)12-22-14(2)9-15(3)24-22/h5-12,24H,1-4H3,(H,25,26)/b20-12-. The van der Waals surface area contributed by atoms with Crippen LogP contribution in [0.25, 0.3) is 22.8 Å². The Kier molecular flexibility index (Phi) is 4.11. The van der Waals surface area contributed by atoms with Crippen LogP contribution < -0.4 is 10.1 Å². The van der Waals surface area contributed by atoms with E-state index in [1.807, 2.05) is 44.2 Å². The van der Waals surface area contributed by atoms with E-state index in [0.717, 1.165) is 50.6 Å². The maximum absolute atomic E-state index is 12.5. The Bertz CT molecular complexity index is 1090. The molecule has 2 aromatic carbocycles. The van der Waals surface area contributed by atoms with E-state index in [2.05, 4.69) is 35.4 Å². The summed E-state index contributed by atoms with van der Waals surface area (Å²) in [4.78, 5) is 15.9. The first-order valence-electron chi connectivity index (χ1n) is 8.95. The molecule has 3 aromatic rings. The minimum absolute atomic E-state index is 0.0692. The number of nitrogens with one attached hydrogen (secondary N) is 2. The van der Waals surface area contributed by atoms with Crippen LogP contribution in [0.3, 0.4) is 0 Å². The molecule has 0 radical (unpaired) electrons. The van der Waals surface area contributed by atoms with Gasteiger partial charge in [0, 0.05) is 22.6 Å². The van der Waals surface area contributed by atoms with Crippen molar-refractivity contribution in [3.8, 4) is 16.9 Å². The molecule has 136 valence electrons. The molecule has 1 aliphatic rings. The van der Waals surface area contributed by atoms with Crippen molar-refractivity contribution in [3.05, 3.63) is 70.5 Å². The van der Waals surface area contributed by atoms with Crippen molar-refractivity contribution in [2.45, 2.75) is 20.8 Å². The lowest BCUT2D eigenvalue weighted by atomic mass is 9.96. The van der Waals surface area contributed by atoms with Crippen LogP contribution in [0, 0.1) is 20.8 Å². The molecule has 0 atom stereocenters. The number of benzene rings is 2. The summed E-state index contributed by atoms with van der Waals surface area (Å²) in [6.45, 7) is 6.12. The molecule has 2 heterocycles. The first-order chi connectivity index (χ1) is 13.0. The number of methoxy groups -OCH3 is 1. The summed E-state index contributed by atoms with van der Waals surface area (Å²) in [6.07, 6.45) is 1.94. The summed E-state index contributed by atoms with van der Waals surface area (Å²) in [6, 6.07) is 14.2. The molecule has 27 heavy (non-hydrogen) atoms. The molecule has 1 aromatic heterocycles. The van der Waals surface area contributed by atoms with Crippen molar-refractivity contribution in [1.82, 2.24) is 4.98 Å². The number of carbonyl (C=O) groups is 1. The highest BCUT2D eigenvalue weighted by Crippen LogP contribution is 2.37. The van der Waals surface area contributed by atoms with Gasteiger partial charge in [0.15, 0.2) is 0 Å². The Hall–Kier alpha value is -3.27. The zero-order valence-corrected chi connectivity index (χ0v) is 15.9. The minimum atomic E-state index is -0.0692. The van der Waals surface area contributed by atoms with E-state index in [1.165, 1.54) is 0 Å². The van der Waals surface area contributed by atoms with Gasteiger partial charge in [0.1, 0.15) is 5.75 Å². The number of amides is 1. The zero-order chi connectivity index (χ0) is 19.1. The van der Waals surface area contributed by atoms with Gasteiger partial charge in [-0.15, -0.1) is 0 Å². The van der Waals surface area contributed by atoms with Crippen molar-refractivity contribution in [2.75, 3.05) is 12.4 Å². The van der Waals surface area contributed by atoms with Gasteiger partial charge >= 0.3 is 0 Å². The lowest BCUT2D eigenvalue weighted by molar-refractivity contribution is -0.110. The van der Waals surface area contributed by atoms with Crippen molar-refractivity contribution in [2.24, 2.45) is 0 Å². The van der Waals surface area contributed by atoms with Gasteiger partial charge in [0.05, 0.1) is 12.7 Å². The predicted octanol–water partition coefficient (Wildman–Crippen LogP) is 5.11. The molecule has 0 fully saturated rings. The van der Waals surface area contributed by atoms with Crippen molar-refractivity contribution >= 4 is 23.2 Å². The highest BCUT2D eigenvalue weighted by molar-refractivity contribution is 6.35. The highest BCUT2D eigenvalue weighted by atomic mass is 16.5. The summed E-state index contributed by atoms with van der Waals surface area (Å²) < 4.78 is 5.30. The maximum Gasteiger partial charge on any atom is 0.256 e. The molecule has 4 nitrogen and oxygen atoms in total. The first kappa shape index (κ1) is 17.2. The van der Waals surface area contributed by atoms with Gasteiger partial charge in [-0.05, 0) is 79.4 Å². The van der Waals surface area contributed by atoms with Crippen LogP contribution in [0.2, 0.25) is 0 Å². The molecule has 4 heteroatoms. The average Bonchev–Trinajstić information content (AvgIpc) is 3.13. The third kappa shape index (κ3) is 3.04. The van der Waals surface area contributed by atoms with Crippen LogP contribution in [0.1, 0.15) is 28.1 Å². The van der Waals surface area contributed by atoms with E-state index in [1.54, 1.807) is 7.11 Å². The lowest BCUT2D eigenvalue weighted by Crippen LogP contribution is -2.03. The van der Waals surface area contributed by atoms with E-state index in [0.29, 0.717) is 5.57 Å². The minimum Gasteiger partial charge on any atom is -0.497 e. The Morgan fingerprint density at radius 2 is 1.74 bits per heavy atom. The molecule has 0 saturated heterocycles. The van der Waals surface area contributed by atoms with Gasteiger partial charge in [-0.3, -0.25) is 4.79 Å². The second-order valence-corrected chi connectivity index (χ2v) is 7.00. The summed E-state index contributed by atoms with van der Waals surface area (Å²) in [5, 5.41) is 2.96. The fraction of sp³-hybridized carbons (Fsp3) is 0.174. The molecular weight excluding hydrogens is 336 g/mol. The second-order valence-electron chi connectivity index (χ2n) is 7.00. The summed E-state index contributed by atoms with van der Waals surface area (Å²) >= 11 is 0. The number of anilines is 1. The molecule has 4 rings (SSSR count). The molecule has 0 unspecified atom stereocenters. The first-order valence-corrected chi connectivity index (χ1v) is 8.95. The van der Waals surface area contributed by atoms with Crippen LogP contribution in [0.5, 0.6) is 5.75 Å². The van der Waals surface area contributed by atoms with Gasteiger partial charge in [0.25, 0.3) is 5.91 Å². The molecule has 0 bridgehead atoms. The third-order valence-corrected chi connectivity index (χ3v) is 5.03. The summed E-state index contributed by atoms with van der Waals surface area (Å²) in [5.41, 5.74) is 8.98. The molecule has 0 saturated carbocycles. The molecule has 2 N–H and O–H groups in total. The fourth-order valence-electron chi connectivity index (χ4n) is 3.63. The quantitative estimate of drug-likeness (QED) is 0.639. The molecule has 0 spiro atoms. The largest absolute Gasteiger partial charge is 0.497 e. The van der Waals surface area contributed by atoms with Crippen molar-refractivity contribution in [3.63, 3.8) is 0 Å². The van der Waals surface area contributed by atoms with Gasteiger partial charge in [0.2, 0.25) is 0 Å². The van der Waals surface area contributed by atoms with Crippen LogP contribution >= 0.6 is 0 Å². The Morgan fingerprint density at radius 3 is 2.41 bits per heavy atom. The van der Waals surface area contributed by atoms with Gasteiger partial charge in [-0.25, -0.2) is 0 Å². The van der Waals surface area contributed by atoms with E-state index in [-0.39, 0.29) is 5.91 Å². The smallest absolute Gasteiger partial charge is 0.256 e. The van der Waals surface area contributed by atoms with E-state index in [9.17, 15) is 4.79 Å². The number of carbonyl (C=O) groups excluding carboxylic acids is 1. The Balaban J connectivity index is 1.81. The topological polar surface area (TPSA) is 54.1 Å². The number of hydrogen-bond acceptors (Lipinski definition) is 2. The third-order valence-electron chi connectivity index (χ3n) is 5.03. The number of ether oxygens (including phenoxy) is 1. The van der Waals surface area contributed by atoms with Crippen molar-refractivity contribution in [1.29, 1.82) is 0 Å². The SMILES string of the molecule is COc1ccc(-c2ccc3c(c2)/C(=C/c2[nH]c(C)cc2C)C(=O)N3)c(C)c1. The van der Waals surface area contributed by atoms with E-state index >= 15 is 0 Å². The Labute approximate surface area is 158 Å². The number of aromatic nitrogens is 1. The number of rotatable bonds is 3. The van der Waals surface area contributed by atoms with Crippen LogP contribution in [-0.2, 0) is 4.79 Å². The fourth-order valence-corrected chi connectivity index (χ4v) is 3.63. The predicted molar refractivity (Wildman–Crippen MR) is 110 cm³/mol. The zero-order valence-electron chi connectivity index (χ0n) is 15.9. The van der Waals surface area contributed by atoms with Crippen molar-refractivity contribution < 1.29 is 9.53 Å². The monoisotopic (exact) mass is 358 g/mol. The maximum atomic E-state index is 12.5. The second kappa shape index (κ2) is 6.47. The van der Waals surface area contributed by atoms with E-state index < -0.39 is 0 Å². The summed E-state index contributed by atoms with van der Waals surface area (Å²) in [7, 11) is 1.67.